The SMILES string of the molecule is CC(C)C(=O)Nc1ccc(C(=O)N/N=C/c2ccccc2Cl)cc1. The van der Waals surface area contributed by atoms with Crippen molar-refractivity contribution < 1.29 is 9.59 Å². The topological polar surface area (TPSA) is 70.6 Å². The minimum absolute atomic E-state index is 0.0726. The Bertz CT molecular complexity index is 755. The zero-order valence-electron chi connectivity index (χ0n) is 13.4. The molecule has 2 aromatic carbocycles. The fourth-order valence-electron chi connectivity index (χ4n) is 1.80. The molecule has 0 unspecified atom stereocenters. The average molecular weight is 344 g/mol. The van der Waals surface area contributed by atoms with E-state index in [9.17, 15) is 9.59 Å². The van der Waals surface area contributed by atoms with E-state index in [2.05, 4.69) is 15.8 Å². The molecule has 5 nitrogen and oxygen atoms in total. The number of hydrogen-bond donors (Lipinski definition) is 2. The second kappa shape index (κ2) is 8.26. The number of hydrazone groups is 1. The number of carbonyl (C=O) groups excluding carboxylic acids is 2. The molecule has 2 rings (SSSR count). The van der Waals surface area contributed by atoms with Crippen LogP contribution in [0, 0.1) is 5.92 Å². The highest BCUT2D eigenvalue weighted by Crippen LogP contribution is 2.13. The van der Waals surface area contributed by atoms with Gasteiger partial charge in [0, 0.05) is 27.8 Å². The Labute approximate surface area is 145 Å². The molecule has 0 aliphatic carbocycles. The maximum absolute atomic E-state index is 12.0. The Morgan fingerprint density at radius 3 is 2.38 bits per heavy atom. The van der Waals surface area contributed by atoms with E-state index in [4.69, 9.17) is 11.6 Å². The Morgan fingerprint density at radius 1 is 1.08 bits per heavy atom. The molecular weight excluding hydrogens is 326 g/mol. The third kappa shape index (κ3) is 4.93. The quantitative estimate of drug-likeness (QED) is 0.642. The Kier molecular flexibility index (Phi) is 6.09. The summed E-state index contributed by atoms with van der Waals surface area (Å²) in [6.07, 6.45) is 1.48. The van der Waals surface area contributed by atoms with Crippen molar-refractivity contribution in [3.05, 3.63) is 64.7 Å². The first-order chi connectivity index (χ1) is 11.5. The summed E-state index contributed by atoms with van der Waals surface area (Å²) in [5.41, 5.74) is 4.23. The standard InChI is InChI=1S/C18H18ClN3O2/c1-12(2)17(23)21-15-9-7-13(8-10-15)18(24)22-20-11-14-5-3-4-6-16(14)19/h3-12H,1-2H3,(H,21,23)(H,22,24)/b20-11+. The maximum atomic E-state index is 12.0. The Hall–Kier alpha value is -2.66. The van der Waals surface area contributed by atoms with Crippen LogP contribution >= 0.6 is 11.6 Å². The van der Waals surface area contributed by atoms with Crippen LogP contribution in [-0.2, 0) is 4.79 Å². The molecule has 6 heteroatoms. The largest absolute Gasteiger partial charge is 0.326 e. The first kappa shape index (κ1) is 17.7. The van der Waals surface area contributed by atoms with E-state index in [1.807, 2.05) is 26.0 Å². The van der Waals surface area contributed by atoms with Crippen LogP contribution in [0.25, 0.3) is 0 Å². The van der Waals surface area contributed by atoms with Crippen molar-refractivity contribution in [1.82, 2.24) is 5.43 Å². The summed E-state index contributed by atoms with van der Waals surface area (Å²) in [4.78, 5) is 23.6. The van der Waals surface area contributed by atoms with E-state index in [-0.39, 0.29) is 17.7 Å². The van der Waals surface area contributed by atoms with Gasteiger partial charge in [0.05, 0.1) is 6.21 Å². The van der Waals surface area contributed by atoms with Gasteiger partial charge >= 0.3 is 0 Å². The fraction of sp³-hybridized carbons (Fsp3) is 0.167. The molecule has 0 saturated heterocycles. The minimum atomic E-state index is -0.347. The number of benzene rings is 2. The van der Waals surface area contributed by atoms with Gasteiger partial charge < -0.3 is 5.32 Å². The number of anilines is 1. The summed E-state index contributed by atoms with van der Waals surface area (Å²) < 4.78 is 0. The highest BCUT2D eigenvalue weighted by molar-refractivity contribution is 6.33. The lowest BCUT2D eigenvalue weighted by Crippen LogP contribution is -2.19. The number of hydrogen-bond acceptors (Lipinski definition) is 3. The van der Waals surface area contributed by atoms with Crippen molar-refractivity contribution in [3.63, 3.8) is 0 Å². The lowest BCUT2D eigenvalue weighted by atomic mass is 10.1. The summed E-state index contributed by atoms with van der Waals surface area (Å²) in [7, 11) is 0. The second-order valence-corrected chi connectivity index (χ2v) is 5.85. The number of halogens is 1. The molecule has 2 N–H and O–H groups in total. The van der Waals surface area contributed by atoms with Gasteiger partial charge in [-0.25, -0.2) is 5.43 Å². The number of carbonyl (C=O) groups is 2. The van der Waals surface area contributed by atoms with Crippen molar-refractivity contribution in [2.24, 2.45) is 11.0 Å². The van der Waals surface area contributed by atoms with Gasteiger partial charge in [-0.1, -0.05) is 43.6 Å². The van der Waals surface area contributed by atoms with Crippen LogP contribution < -0.4 is 10.7 Å². The molecular formula is C18H18ClN3O2. The summed E-state index contributed by atoms with van der Waals surface area (Å²) in [5.74, 6) is -0.524. The lowest BCUT2D eigenvalue weighted by molar-refractivity contribution is -0.118. The van der Waals surface area contributed by atoms with Gasteiger partial charge in [-0.2, -0.15) is 5.10 Å². The molecule has 0 saturated carbocycles. The predicted molar refractivity (Wildman–Crippen MR) is 96.4 cm³/mol. The highest BCUT2D eigenvalue weighted by atomic mass is 35.5. The molecule has 0 heterocycles. The minimum Gasteiger partial charge on any atom is -0.326 e. The molecule has 0 atom stereocenters. The van der Waals surface area contributed by atoms with Crippen LogP contribution in [0.2, 0.25) is 5.02 Å². The molecule has 2 amide bonds. The molecule has 0 aliphatic heterocycles. The van der Waals surface area contributed by atoms with Crippen LogP contribution in [0.5, 0.6) is 0 Å². The predicted octanol–water partition coefficient (Wildman–Crippen LogP) is 3.70. The summed E-state index contributed by atoms with van der Waals surface area (Å²) in [6.45, 7) is 3.63. The van der Waals surface area contributed by atoms with Gasteiger partial charge in [0.25, 0.3) is 5.91 Å². The van der Waals surface area contributed by atoms with Crippen molar-refractivity contribution in [1.29, 1.82) is 0 Å². The number of nitrogens with one attached hydrogen (secondary N) is 2. The molecule has 2 aromatic rings. The number of nitrogens with zero attached hydrogens (tertiary/aromatic N) is 1. The van der Waals surface area contributed by atoms with Crippen molar-refractivity contribution in [3.8, 4) is 0 Å². The molecule has 124 valence electrons. The van der Waals surface area contributed by atoms with Gasteiger partial charge in [0.1, 0.15) is 0 Å². The second-order valence-electron chi connectivity index (χ2n) is 5.44. The van der Waals surface area contributed by atoms with Gasteiger partial charge in [0.15, 0.2) is 0 Å². The van der Waals surface area contributed by atoms with Crippen molar-refractivity contribution in [2.45, 2.75) is 13.8 Å². The van der Waals surface area contributed by atoms with E-state index in [1.165, 1.54) is 6.21 Å². The first-order valence-electron chi connectivity index (χ1n) is 7.46. The lowest BCUT2D eigenvalue weighted by Gasteiger charge is -2.08. The Morgan fingerprint density at radius 2 is 1.75 bits per heavy atom. The maximum Gasteiger partial charge on any atom is 0.271 e. The van der Waals surface area contributed by atoms with Crippen LogP contribution in [-0.4, -0.2) is 18.0 Å². The van der Waals surface area contributed by atoms with Crippen LogP contribution in [0.15, 0.2) is 53.6 Å². The van der Waals surface area contributed by atoms with E-state index in [1.54, 1.807) is 36.4 Å². The third-order valence-electron chi connectivity index (χ3n) is 3.21. The third-order valence-corrected chi connectivity index (χ3v) is 3.56. The van der Waals surface area contributed by atoms with E-state index < -0.39 is 0 Å². The first-order valence-corrected chi connectivity index (χ1v) is 7.84. The normalized spacial score (nSPS) is 10.8. The number of rotatable bonds is 5. The molecule has 0 radical (unpaired) electrons. The van der Waals surface area contributed by atoms with Gasteiger partial charge in [0.2, 0.25) is 5.91 Å². The average Bonchev–Trinajstić information content (AvgIpc) is 2.57. The van der Waals surface area contributed by atoms with Gasteiger partial charge in [-0.05, 0) is 30.3 Å². The smallest absolute Gasteiger partial charge is 0.271 e. The monoisotopic (exact) mass is 343 g/mol. The van der Waals surface area contributed by atoms with E-state index >= 15 is 0 Å². The van der Waals surface area contributed by atoms with E-state index in [0.717, 1.165) is 0 Å². The summed E-state index contributed by atoms with van der Waals surface area (Å²) >= 11 is 6.00. The molecule has 0 aliphatic rings. The zero-order chi connectivity index (χ0) is 17.5. The van der Waals surface area contributed by atoms with Crippen LogP contribution in [0.3, 0.4) is 0 Å². The molecule has 0 spiro atoms. The fourth-order valence-corrected chi connectivity index (χ4v) is 1.98. The van der Waals surface area contributed by atoms with Crippen LogP contribution in [0.4, 0.5) is 5.69 Å². The van der Waals surface area contributed by atoms with E-state index in [0.29, 0.717) is 21.8 Å². The highest BCUT2D eigenvalue weighted by Gasteiger charge is 2.08. The molecule has 0 bridgehead atoms. The zero-order valence-corrected chi connectivity index (χ0v) is 14.2. The van der Waals surface area contributed by atoms with Gasteiger partial charge in [-0.3, -0.25) is 9.59 Å². The number of amides is 2. The van der Waals surface area contributed by atoms with Crippen molar-refractivity contribution >= 4 is 35.3 Å². The summed E-state index contributed by atoms with van der Waals surface area (Å²) in [6, 6.07) is 13.8. The van der Waals surface area contributed by atoms with Crippen LogP contribution in [0.1, 0.15) is 29.8 Å². The molecule has 24 heavy (non-hydrogen) atoms. The summed E-state index contributed by atoms with van der Waals surface area (Å²) in [5, 5.41) is 7.21. The molecule has 0 aromatic heterocycles. The molecule has 0 fully saturated rings. The Balaban J connectivity index is 1.95. The van der Waals surface area contributed by atoms with Crippen molar-refractivity contribution in [2.75, 3.05) is 5.32 Å². The van der Waals surface area contributed by atoms with Gasteiger partial charge in [-0.15, -0.1) is 0 Å².